The highest BCUT2D eigenvalue weighted by atomic mass is 16.5. The zero-order chi connectivity index (χ0) is 15.6. The van der Waals surface area contributed by atoms with Gasteiger partial charge in [-0.05, 0) is 39.3 Å². The van der Waals surface area contributed by atoms with Gasteiger partial charge in [-0.15, -0.1) is 0 Å². The summed E-state index contributed by atoms with van der Waals surface area (Å²) in [6.45, 7) is 8.00. The van der Waals surface area contributed by atoms with Crippen LogP contribution >= 0.6 is 0 Å². The molecular weight excluding hydrogens is 266 g/mol. The number of carbonyl (C=O) groups is 2. The molecule has 0 unspecified atom stereocenters. The standard InChI is InChI=1S/C17H21NO3/c1-5-18(14-9-7-6-8-12(14)2)16(20)15-10-13(19)11-17(3,4)21-15/h6-10H,5,11H2,1-4H3. The van der Waals surface area contributed by atoms with Crippen LogP contribution in [0.5, 0.6) is 0 Å². The predicted octanol–water partition coefficient (Wildman–Crippen LogP) is 3.00. The minimum Gasteiger partial charge on any atom is -0.481 e. The number of hydrogen-bond donors (Lipinski definition) is 0. The molecule has 0 saturated carbocycles. The van der Waals surface area contributed by atoms with Crippen molar-refractivity contribution in [2.24, 2.45) is 0 Å². The Balaban J connectivity index is 2.34. The number of hydrogen-bond acceptors (Lipinski definition) is 3. The van der Waals surface area contributed by atoms with Gasteiger partial charge in [0.15, 0.2) is 11.5 Å². The molecule has 0 atom stereocenters. The Morgan fingerprint density at radius 3 is 2.57 bits per heavy atom. The van der Waals surface area contributed by atoms with Crippen molar-refractivity contribution in [3.8, 4) is 0 Å². The van der Waals surface area contributed by atoms with Gasteiger partial charge in [0, 0.05) is 24.7 Å². The SMILES string of the molecule is CCN(C(=O)C1=CC(=O)CC(C)(C)O1)c1ccccc1C. The van der Waals surface area contributed by atoms with Crippen molar-refractivity contribution < 1.29 is 14.3 Å². The average Bonchev–Trinajstić information content (AvgIpc) is 2.39. The number of benzene rings is 1. The van der Waals surface area contributed by atoms with Crippen LogP contribution < -0.4 is 4.90 Å². The van der Waals surface area contributed by atoms with E-state index in [4.69, 9.17) is 4.74 Å². The van der Waals surface area contributed by atoms with E-state index >= 15 is 0 Å². The summed E-state index contributed by atoms with van der Waals surface area (Å²) in [5, 5.41) is 0. The summed E-state index contributed by atoms with van der Waals surface area (Å²) in [6.07, 6.45) is 1.61. The van der Waals surface area contributed by atoms with E-state index in [1.54, 1.807) is 4.90 Å². The van der Waals surface area contributed by atoms with Gasteiger partial charge in [0.25, 0.3) is 5.91 Å². The molecule has 0 bridgehead atoms. The van der Waals surface area contributed by atoms with Crippen LogP contribution in [-0.2, 0) is 14.3 Å². The van der Waals surface area contributed by atoms with Crippen LogP contribution in [0.4, 0.5) is 5.69 Å². The van der Waals surface area contributed by atoms with Crippen molar-refractivity contribution in [3.63, 3.8) is 0 Å². The Morgan fingerprint density at radius 2 is 2.00 bits per heavy atom. The van der Waals surface area contributed by atoms with Crippen LogP contribution in [0.25, 0.3) is 0 Å². The van der Waals surface area contributed by atoms with Gasteiger partial charge in [0.2, 0.25) is 0 Å². The lowest BCUT2D eigenvalue weighted by Gasteiger charge is -2.32. The molecule has 0 spiro atoms. The number of nitrogens with zero attached hydrogens (tertiary/aromatic N) is 1. The highest BCUT2D eigenvalue weighted by Gasteiger charge is 2.33. The molecule has 1 aliphatic heterocycles. The number of allylic oxidation sites excluding steroid dienone is 1. The molecule has 0 aromatic heterocycles. The third kappa shape index (κ3) is 3.32. The number of rotatable bonds is 3. The molecule has 1 amide bonds. The zero-order valence-electron chi connectivity index (χ0n) is 13.0. The fourth-order valence-corrected chi connectivity index (χ4v) is 2.51. The van der Waals surface area contributed by atoms with E-state index in [-0.39, 0.29) is 17.4 Å². The van der Waals surface area contributed by atoms with Crippen molar-refractivity contribution in [1.82, 2.24) is 0 Å². The fraction of sp³-hybridized carbons (Fsp3) is 0.412. The highest BCUT2D eigenvalue weighted by Crippen LogP contribution is 2.28. The smallest absolute Gasteiger partial charge is 0.293 e. The monoisotopic (exact) mass is 287 g/mol. The van der Waals surface area contributed by atoms with Crippen molar-refractivity contribution in [2.45, 2.75) is 39.7 Å². The second-order valence-corrected chi connectivity index (χ2v) is 5.85. The molecule has 1 aliphatic rings. The molecule has 1 aromatic rings. The van der Waals surface area contributed by atoms with E-state index in [0.29, 0.717) is 13.0 Å². The summed E-state index contributed by atoms with van der Waals surface area (Å²) in [7, 11) is 0. The Bertz CT molecular complexity index is 602. The van der Waals surface area contributed by atoms with E-state index in [2.05, 4.69) is 0 Å². The van der Waals surface area contributed by atoms with E-state index in [1.807, 2.05) is 52.0 Å². The summed E-state index contributed by atoms with van der Waals surface area (Å²) in [4.78, 5) is 26.1. The Labute approximate surface area is 125 Å². The van der Waals surface area contributed by atoms with Crippen LogP contribution in [0.3, 0.4) is 0 Å². The molecule has 112 valence electrons. The van der Waals surface area contributed by atoms with Gasteiger partial charge in [-0.25, -0.2) is 0 Å². The van der Waals surface area contributed by atoms with Crippen LogP contribution in [0.2, 0.25) is 0 Å². The van der Waals surface area contributed by atoms with Crippen molar-refractivity contribution in [3.05, 3.63) is 41.7 Å². The first kappa shape index (κ1) is 15.3. The lowest BCUT2D eigenvalue weighted by Crippen LogP contribution is -2.39. The minimum absolute atomic E-state index is 0.0737. The van der Waals surface area contributed by atoms with Gasteiger partial charge < -0.3 is 9.64 Å². The molecule has 1 heterocycles. The van der Waals surface area contributed by atoms with E-state index in [1.165, 1.54) is 6.08 Å². The molecule has 0 aliphatic carbocycles. The predicted molar refractivity (Wildman–Crippen MR) is 82.1 cm³/mol. The number of ketones is 1. The highest BCUT2D eigenvalue weighted by molar-refractivity contribution is 6.09. The Kier molecular flexibility index (Phi) is 4.16. The number of likely N-dealkylation sites (N-methyl/N-ethyl adjacent to an activating group) is 1. The van der Waals surface area contributed by atoms with E-state index in [9.17, 15) is 9.59 Å². The molecule has 0 N–H and O–H groups in total. The molecule has 2 rings (SSSR count). The molecule has 0 saturated heterocycles. The fourth-order valence-electron chi connectivity index (χ4n) is 2.51. The average molecular weight is 287 g/mol. The second-order valence-electron chi connectivity index (χ2n) is 5.85. The van der Waals surface area contributed by atoms with Crippen LogP contribution in [0.1, 0.15) is 32.8 Å². The minimum atomic E-state index is -0.637. The largest absolute Gasteiger partial charge is 0.481 e. The van der Waals surface area contributed by atoms with Crippen molar-refractivity contribution in [2.75, 3.05) is 11.4 Å². The van der Waals surface area contributed by atoms with Gasteiger partial charge >= 0.3 is 0 Å². The maximum absolute atomic E-state index is 12.7. The molecule has 4 heteroatoms. The molecular formula is C17H21NO3. The number of aryl methyl sites for hydroxylation is 1. The number of anilines is 1. The summed E-state index contributed by atoms with van der Waals surface area (Å²) in [5.41, 5.74) is 1.21. The van der Waals surface area contributed by atoms with E-state index < -0.39 is 5.60 Å². The Hall–Kier alpha value is -2.10. The van der Waals surface area contributed by atoms with Crippen LogP contribution in [-0.4, -0.2) is 23.8 Å². The molecule has 0 radical (unpaired) electrons. The maximum atomic E-state index is 12.7. The first-order valence-corrected chi connectivity index (χ1v) is 7.15. The van der Waals surface area contributed by atoms with Crippen LogP contribution in [0, 0.1) is 6.92 Å². The van der Waals surface area contributed by atoms with E-state index in [0.717, 1.165) is 11.3 Å². The number of para-hydroxylation sites is 1. The first-order valence-electron chi connectivity index (χ1n) is 7.15. The molecule has 4 nitrogen and oxygen atoms in total. The Morgan fingerprint density at radius 1 is 1.33 bits per heavy atom. The lowest BCUT2D eigenvalue weighted by molar-refractivity contribution is -0.129. The number of carbonyl (C=O) groups excluding carboxylic acids is 2. The van der Waals surface area contributed by atoms with Gasteiger partial charge in [-0.3, -0.25) is 9.59 Å². The van der Waals surface area contributed by atoms with Gasteiger partial charge in [0.05, 0.1) is 0 Å². The third-order valence-corrected chi connectivity index (χ3v) is 3.46. The number of ether oxygens (including phenoxy) is 1. The summed E-state index contributed by atoms with van der Waals surface area (Å²) >= 11 is 0. The quantitative estimate of drug-likeness (QED) is 0.858. The van der Waals surface area contributed by atoms with Crippen molar-refractivity contribution >= 4 is 17.4 Å². The molecule has 1 aromatic carbocycles. The zero-order valence-corrected chi connectivity index (χ0v) is 13.0. The summed E-state index contributed by atoms with van der Waals surface area (Å²) < 4.78 is 5.70. The second kappa shape index (κ2) is 5.72. The normalized spacial score (nSPS) is 17.0. The summed E-state index contributed by atoms with van der Waals surface area (Å²) in [5.74, 6) is -0.218. The lowest BCUT2D eigenvalue weighted by atomic mass is 9.98. The van der Waals surface area contributed by atoms with Crippen molar-refractivity contribution in [1.29, 1.82) is 0 Å². The van der Waals surface area contributed by atoms with Gasteiger partial charge in [0.1, 0.15) is 5.60 Å². The third-order valence-electron chi connectivity index (χ3n) is 3.46. The summed E-state index contributed by atoms with van der Waals surface area (Å²) in [6, 6.07) is 7.67. The van der Waals surface area contributed by atoms with Gasteiger partial charge in [-0.1, -0.05) is 18.2 Å². The molecule has 0 fully saturated rings. The maximum Gasteiger partial charge on any atom is 0.293 e. The first-order chi connectivity index (χ1) is 9.84. The van der Waals surface area contributed by atoms with Gasteiger partial charge in [-0.2, -0.15) is 0 Å². The molecule has 21 heavy (non-hydrogen) atoms. The van der Waals surface area contributed by atoms with Crippen LogP contribution in [0.15, 0.2) is 36.1 Å². The topological polar surface area (TPSA) is 46.6 Å². The number of amides is 1.